The van der Waals surface area contributed by atoms with E-state index < -0.39 is 12.1 Å². The predicted octanol–water partition coefficient (Wildman–Crippen LogP) is 2.01. The summed E-state index contributed by atoms with van der Waals surface area (Å²) in [4.78, 5) is 0. The molecule has 4 N–H and O–H groups in total. The van der Waals surface area contributed by atoms with Crippen LogP contribution in [0.4, 0.5) is 0 Å². The van der Waals surface area contributed by atoms with Crippen molar-refractivity contribution in [2.45, 2.75) is 25.2 Å². The first kappa shape index (κ1) is 15.5. The molecular weight excluding hydrogens is 266 g/mol. The van der Waals surface area contributed by atoms with Gasteiger partial charge in [-0.15, -0.1) is 0 Å². The zero-order chi connectivity index (χ0) is 15.1. The van der Waals surface area contributed by atoms with Crippen molar-refractivity contribution in [2.24, 2.45) is 5.73 Å². The molecule has 0 amide bonds. The molecular formula is C17H21NO3. The van der Waals surface area contributed by atoms with Gasteiger partial charge in [0.15, 0.2) is 0 Å². The maximum atomic E-state index is 10.0. The Morgan fingerprint density at radius 2 is 1.67 bits per heavy atom. The fraction of sp³-hybridized carbons (Fsp3) is 0.294. The summed E-state index contributed by atoms with van der Waals surface area (Å²) < 4.78 is 5.68. The second-order valence-electron chi connectivity index (χ2n) is 4.96. The van der Waals surface area contributed by atoms with Crippen molar-refractivity contribution < 1.29 is 14.9 Å². The van der Waals surface area contributed by atoms with Crippen molar-refractivity contribution in [3.8, 4) is 5.75 Å². The molecule has 0 saturated carbocycles. The number of aliphatic hydroxyl groups excluding tert-OH is 2. The zero-order valence-electron chi connectivity index (χ0n) is 11.9. The highest BCUT2D eigenvalue weighted by atomic mass is 16.5. The van der Waals surface area contributed by atoms with Crippen LogP contribution in [0.15, 0.2) is 54.6 Å². The van der Waals surface area contributed by atoms with E-state index in [1.165, 1.54) is 0 Å². The van der Waals surface area contributed by atoms with E-state index in [1.807, 2.05) is 42.5 Å². The van der Waals surface area contributed by atoms with Gasteiger partial charge in [0.2, 0.25) is 0 Å². The third-order valence-corrected chi connectivity index (χ3v) is 3.34. The van der Waals surface area contributed by atoms with Crippen LogP contribution in [-0.4, -0.2) is 22.9 Å². The van der Waals surface area contributed by atoms with Crippen LogP contribution in [-0.2, 0) is 6.61 Å². The lowest BCUT2D eigenvalue weighted by molar-refractivity contribution is 0.129. The maximum Gasteiger partial charge on any atom is 0.119 e. The molecule has 0 aromatic heterocycles. The lowest BCUT2D eigenvalue weighted by Crippen LogP contribution is -2.29. The number of nitrogens with two attached hydrogens (primary N) is 1. The van der Waals surface area contributed by atoms with E-state index in [2.05, 4.69) is 0 Å². The standard InChI is InChI=1S/C17H21NO3/c18-16(10-11-19)17(20)14-6-8-15(9-7-14)21-12-13-4-2-1-3-5-13/h1-9,16-17,19-20H,10-12,18H2. The van der Waals surface area contributed by atoms with Crippen molar-refractivity contribution in [3.63, 3.8) is 0 Å². The molecule has 0 radical (unpaired) electrons. The molecule has 0 aliphatic heterocycles. The molecule has 4 nitrogen and oxygen atoms in total. The average molecular weight is 287 g/mol. The first-order valence-electron chi connectivity index (χ1n) is 7.02. The minimum atomic E-state index is -0.777. The average Bonchev–Trinajstić information content (AvgIpc) is 2.54. The van der Waals surface area contributed by atoms with Crippen molar-refractivity contribution in [2.75, 3.05) is 6.61 Å². The molecule has 0 aliphatic rings. The second-order valence-corrected chi connectivity index (χ2v) is 4.96. The van der Waals surface area contributed by atoms with E-state index in [4.69, 9.17) is 15.6 Å². The van der Waals surface area contributed by atoms with Crippen molar-refractivity contribution in [1.29, 1.82) is 0 Å². The van der Waals surface area contributed by atoms with E-state index in [-0.39, 0.29) is 6.61 Å². The molecule has 2 rings (SSSR count). The molecule has 0 aliphatic carbocycles. The molecule has 0 fully saturated rings. The number of hydrogen-bond donors (Lipinski definition) is 3. The van der Waals surface area contributed by atoms with E-state index in [9.17, 15) is 5.11 Å². The molecule has 0 bridgehead atoms. The monoisotopic (exact) mass is 287 g/mol. The lowest BCUT2D eigenvalue weighted by Gasteiger charge is -2.18. The lowest BCUT2D eigenvalue weighted by atomic mass is 10.0. The van der Waals surface area contributed by atoms with Gasteiger partial charge in [-0.3, -0.25) is 0 Å². The summed E-state index contributed by atoms with van der Waals surface area (Å²) in [7, 11) is 0. The minimum absolute atomic E-state index is 0.0313. The predicted molar refractivity (Wildman–Crippen MR) is 81.9 cm³/mol. The molecule has 2 aromatic rings. The number of rotatable bonds is 7. The van der Waals surface area contributed by atoms with E-state index in [1.54, 1.807) is 12.1 Å². The van der Waals surface area contributed by atoms with Gasteiger partial charge >= 0.3 is 0 Å². The highest BCUT2D eigenvalue weighted by molar-refractivity contribution is 5.29. The zero-order valence-corrected chi connectivity index (χ0v) is 11.9. The smallest absolute Gasteiger partial charge is 0.119 e. The number of aliphatic hydroxyl groups is 2. The van der Waals surface area contributed by atoms with Crippen LogP contribution in [0.5, 0.6) is 5.75 Å². The molecule has 0 spiro atoms. The fourth-order valence-corrected chi connectivity index (χ4v) is 2.06. The third kappa shape index (κ3) is 4.56. The summed E-state index contributed by atoms with van der Waals surface area (Å²) >= 11 is 0. The molecule has 2 atom stereocenters. The van der Waals surface area contributed by atoms with Gasteiger partial charge in [-0.2, -0.15) is 0 Å². The number of hydrogen-bond acceptors (Lipinski definition) is 4. The first-order chi connectivity index (χ1) is 10.2. The van der Waals surface area contributed by atoms with Crippen molar-refractivity contribution in [3.05, 3.63) is 65.7 Å². The Bertz CT molecular complexity index is 527. The molecule has 0 saturated heterocycles. The van der Waals surface area contributed by atoms with Gasteiger partial charge in [-0.05, 0) is 29.7 Å². The van der Waals surface area contributed by atoms with Gasteiger partial charge < -0.3 is 20.7 Å². The molecule has 0 heterocycles. The summed E-state index contributed by atoms with van der Waals surface area (Å²) in [5, 5.41) is 18.9. The van der Waals surface area contributed by atoms with Gasteiger partial charge in [0.05, 0.1) is 6.10 Å². The van der Waals surface area contributed by atoms with Gasteiger partial charge in [0.25, 0.3) is 0 Å². The Balaban J connectivity index is 1.92. The first-order valence-corrected chi connectivity index (χ1v) is 7.02. The highest BCUT2D eigenvalue weighted by Crippen LogP contribution is 2.21. The van der Waals surface area contributed by atoms with Gasteiger partial charge in [0.1, 0.15) is 12.4 Å². The topological polar surface area (TPSA) is 75.7 Å². The SMILES string of the molecule is NC(CCO)C(O)c1ccc(OCc2ccccc2)cc1. The van der Waals surface area contributed by atoms with E-state index in [0.717, 1.165) is 16.9 Å². The molecule has 21 heavy (non-hydrogen) atoms. The molecule has 4 heteroatoms. The Hall–Kier alpha value is -1.88. The molecule has 2 unspecified atom stereocenters. The highest BCUT2D eigenvalue weighted by Gasteiger charge is 2.16. The third-order valence-electron chi connectivity index (χ3n) is 3.34. The largest absolute Gasteiger partial charge is 0.489 e. The van der Waals surface area contributed by atoms with Gasteiger partial charge in [-0.25, -0.2) is 0 Å². The van der Waals surface area contributed by atoms with Crippen LogP contribution in [0.25, 0.3) is 0 Å². The summed E-state index contributed by atoms with van der Waals surface area (Å²) in [5.74, 6) is 0.741. The maximum absolute atomic E-state index is 10.0. The van der Waals surface area contributed by atoms with Crippen LogP contribution in [0.1, 0.15) is 23.7 Å². The second kappa shape index (κ2) is 7.78. The fourth-order valence-electron chi connectivity index (χ4n) is 2.06. The Morgan fingerprint density at radius 3 is 2.29 bits per heavy atom. The number of ether oxygens (including phenoxy) is 1. The minimum Gasteiger partial charge on any atom is -0.489 e. The quantitative estimate of drug-likeness (QED) is 0.728. The Labute approximate surface area is 124 Å². The van der Waals surface area contributed by atoms with Crippen LogP contribution >= 0.6 is 0 Å². The number of benzene rings is 2. The van der Waals surface area contributed by atoms with Crippen LogP contribution in [0.3, 0.4) is 0 Å². The molecule has 2 aromatic carbocycles. The van der Waals surface area contributed by atoms with Crippen LogP contribution in [0, 0.1) is 0 Å². The van der Waals surface area contributed by atoms with Crippen LogP contribution in [0.2, 0.25) is 0 Å². The normalized spacial score (nSPS) is 13.7. The summed E-state index contributed by atoms with van der Waals surface area (Å²) in [6.45, 7) is 0.475. The van der Waals surface area contributed by atoms with Gasteiger partial charge in [0, 0.05) is 12.6 Å². The van der Waals surface area contributed by atoms with Gasteiger partial charge in [-0.1, -0.05) is 42.5 Å². The summed E-state index contributed by atoms with van der Waals surface area (Å²) in [6.07, 6.45) is -0.409. The Kier molecular flexibility index (Phi) is 5.75. The van der Waals surface area contributed by atoms with Crippen LogP contribution < -0.4 is 10.5 Å². The van der Waals surface area contributed by atoms with Crippen molar-refractivity contribution in [1.82, 2.24) is 0 Å². The summed E-state index contributed by atoms with van der Waals surface area (Å²) in [5.41, 5.74) is 7.62. The van der Waals surface area contributed by atoms with E-state index >= 15 is 0 Å². The van der Waals surface area contributed by atoms with Crippen molar-refractivity contribution >= 4 is 0 Å². The summed E-state index contributed by atoms with van der Waals surface area (Å²) in [6, 6.07) is 16.7. The van der Waals surface area contributed by atoms with E-state index in [0.29, 0.717) is 13.0 Å². The molecule has 112 valence electrons. The Morgan fingerprint density at radius 1 is 1.00 bits per heavy atom.